The smallest absolute Gasteiger partial charge is 0.118 e. The molecular weight excluding hydrogens is 238 g/mol. The van der Waals surface area contributed by atoms with Gasteiger partial charge in [-0.1, -0.05) is 18.2 Å². The number of nitrogens with two attached hydrogens (primary N) is 1. The highest BCUT2D eigenvalue weighted by Gasteiger charge is 2.11. The second-order valence-corrected chi connectivity index (χ2v) is 4.57. The monoisotopic (exact) mass is 257 g/mol. The predicted octanol–water partition coefficient (Wildman–Crippen LogP) is 2.15. The van der Waals surface area contributed by atoms with Gasteiger partial charge in [0.1, 0.15) is 5.75 Å². The minimum Gasteiger partial charge on any atom is -0.497 e. The lowest BCUT2D eigenvalue weighted by atomic mass is 10.00. The number of nitrogens with zero attached hydrogens (tertiary/aromatic N) is 1. The highest BCUT2D eigenvalue weighted by molar-refractivity contribution is 5.29. The number of rotatable bonds is 5. The van der Waals surface area contributed by atoms with E-state index in [9.17, 15) is 0 Å². The summed E-state index contributed by atoms with van der Waals surface area (Å²) in [7, 11) is 1.66. The number of pyridine rings is 1. The van der Waals surface area contributed by atoms with Crippen LogP contribution in [0.3, 0.4) is 0 Å². The number of hydrazine groups is 1. The van der Waals surface area contributed by atoms with E-state index in [4.69, 9.17) is 10.6 Å². The molecule has 1 atom stereocenters. The minimum absolute atomic E-state index is 0.0563. The number of aryl methyl sites for hydroxylation is 1. The molecule has 0 amide bonds. The summed E-state index contributed by atoms with van der Waals surface area (Å²) in [5.41, 5.74) is 6.28. The molecule has 1 heterocycles. The maximum atomic E-state index is 5.66. The van der Waals surface area contributed by atoms with E-state index in [1.807, 2.05) is 43.6 Å². The van der Waals surface area contributed by atoms with Crippen LogP contribution in [-0.2, 0) is 6.42 Å². The van der Waals surface area contributed by atoms with Crippen molar-refractivity contribution < 1.29 is 4.74 Å². The van der Waals surface area contributed by atoms with Crippen molar-refractivity contribution in [1.82, 2.24) is 10.4 Å². The van der Waals surface area contributed by atoms with Gasteiger partial charge in [-0.3, -0.25) is 16.3 Å². The van der Waals surface area contributed by atoms with Crippen LogP contribution in [-0.4, -0.2) is 12.1 Å². The maximum absolute atomic E-state index is 5.66. The average molecular weight is 257 g/mol. The molecule has 3 N–H and O–H groups in total. The van der Waals surface area contributed by atoms with Crippen molar-refractivity contribution in [3.63, 3.8) is 0 Å². The third kappa shape index (κ3) is 3.53. The summed E-state index contributed by atoms with van der Waals surface area (Å²) >= 11 is 0. The summed E-state index contributed by atoms with van der Waals surface area (Å²) in [5.74, 6) is 6.52. The largest absolute Gasteiger partial charge is 0.497 e. The Morgan fingerprint density at radius 3 is 2.58 bits per heavy atom. The lowest BCUT2D eigenvalue weighted by Gasteiger charge is -2.16. The first-order valence-electron chi connectivity index (χ1n) is 6.23. The molecule has 0 saturated heterocycles. The van der Waals surface area contributed by atoms with Crippen LogP contribution in [0.25, 0.3) is 0 Å². The first-order chi connectivity index (χ1) is 9.22. The third-order valence-electron chi connectivity index (χ3n) is 3.10. The van der Waals surface area contributed by atoms with Crippen LogP contribution >= 0.6 is 0 Å². The van der Waals surface area contributed by atoms with Gasteiger partial charge in [0.05, 0.1) is 13.2 Å². The summed E-state index contributed by atoms with van der Waals surface area (Å²) in [5, 5.41) is 0. The van der Waals surface area contributed by atoms with Gasteiger partial charge in [0.2, 0.25) is 0 Å². The molecule has 2 rings (SSSR count). The van der Waals surface area contributed by atoms with Crippen LogP contribution in [0.5, 0.6) is 5.75 Å². The van der Waals surface area contributed by atoms with Gasteiger partial charge in [0, 0.05) is 12.4 Å². The molecule has 0 aliphatic rings. The summed E-state index contributed by atoms with van der Waals surface area (Å²) in [4.78, 5) is 4.21. The van der Waals surface area contributed by atoms with Gasteiger partial charge < -0.3 is 4.74 Å². The zero-order valence-electron chi connectivity index (χ0n) is 11.3. The molecule has 4 heteroatoms. The number of hydrogen-bond donors (Lipinski definition) is 2. The summed E-state index contributed by atoms with van der Waals surface area (Å²) in [6, 6.07) is 10.2. The molecule has 100 valence electrons. The average Bonchev–Trinajstić information content (AvgIpc) is 2.45. The summed E-state index contributed by atoms with van der Waals surface area (Å²) in [6.07, 6.45) is 4.50. The van der Waals surface area contributed by atoms with Crippen molar-refractivity contribution in [2.24, 2.45) is 5.84 Å². The van der Waals surface area contributed by atoms with Crippen molar-refractivity contribution >= 4 is 0 Å². The van der Waals surface area contributed by atoms with E-state index < -0.39 is 0 Å². The lowest BCUT2D eigenvalue weighted by Crippen LogP contribution is -2.29. The predicted molar refractivity (Wildman–Crippen MR) is 75.7 cm³/mol. The number of hydrogen-bond acceptors (Lipinski definition) is 4. The number of benzene rings is 1. The van der Waals surface area contributed by atoms with Crippen LogP contribution in [0, 0.1) is 6.92 Å². The number of aromatic nitrogens is 1. The Kier molecular flexibility index (Phi) is 4.49. The molecule has 0 radical (unpaired) electrons. The van der Waals surface area contributed by atoms with Crippen molar-refractivity contribution in [1.29, 1.82) is 0 Å². The number of methoxy groups -OCH3 is 1. The van der Waals surface area contributed by atoms with Crippen molar-refractivity contribution in [3.05, 3.63) is 59.4 Å². The molecule has 0 fully saturated rings. The lowest BCUT2D eigenvalue weighted by molar-refractivity contribution is 0.414. The fraction of sp³-hybridized carbons (Fsp3) is 0.267. The van der Waals surface area contributed by atoms with E-state index in [-0.39, 0.29) is 6.04 Å². The van der Waals surface area contributed by atoms with Crippen molar-refractivity contribution in [3.8, 4) is 5.75 Å². The highest BCUT2D eigenvalue weighted by Crippen LogP contribution is 2.19. The first-order valence-corrected chi connectivity index (χ1v) is 6.23. The topological polar surface area (TPSA) is 60.2 Å². The van der Waals surface area contributed by atoms with Gasteiger partial charge in [-0.2, -0.15) is 0 Å². The van der Waals surface area contributed by atoms with Crippen LogP contribution in [0.2, 0.25) is 0 Å². The normalized spacial score (nSPS) is 12.2. The van der Waals surface area contributed by atoms with Crippen molar-refractivity contribution in [2.75, 3.05) is 7.11 Å². The van der Waals surface area contributed by atoms with E-state index in [1.54, 1.807) is 7.11 Å². The SMILES string of the molecule is COc1ccc(CC(NN)c2cncc(C)c2)cc1. The molecule has 0 bridgehead atoms. The second kappa shape index (κ2) is 6.31. The molecule has 0 aliphatic carbocycles. The maximum Gasteiger partial charge on any atom is 0.118 e. The zero-order valence-corrected chi connectivity index (χ0v) is 11.3. The molecule has 1 aromatic carbocycles. The van der Waals surface area contributed by atoms with Gasteiger partial charge in [-0.15, -0.1) is 0 Å². The number of ether oxygens (including phenoxy) is 1. The fourth-order valence-electron chi connectivity index (χ4n) is 2.04. The third-order valence-corrected chi connectivity index (χ3v) is 3.10. The standard InChI is InChI=1S/C15H19N3O/c1-11-7-13(10-17-9-11)15(18-16)8-12-3-5-14(19-2)6-4-12/h3-7,9-10,15,18H,8,16H2,1-2H3. The van der Waals surface area contributed by atoms with Crippen LogP contribution in [0.4, 0.5) is 0 Å². The number of nitrogens with one attached hydrogen (secondary N) is 1. The van der Waals surface area contributed by atoms with E-state index in [0.717, 1.165) is 23.3 Å². The molecule has 1 aromatic heterocycles. The quantitative estimate of drug-likeness (QED) is 0.636. The molecule has 4 nitrogen and oxygen atoms in total. The Bertz CT molecular complexity index is 525. The highest BCUT2D eigenvalue weighted by atomic mass is 16.5. The van der Waals surface area contributed by atoms with Crippen molar-refractivity contribution in [2.45, 2.75) is 19.4 Å². The van der Waals surface area contributed by atoms with E-state index in [1.165, 1.54) is 5.56 Å². The van der Waals surface area contributed by atoms with E-state index >= 15 is 0 Å². The van der Waals surface area contributed by atoms with Gasteiger partial charge in [-0.25, -0.2) is 0 Å². The van der Waals surface area contributed by atoms with E-state index in [0.29, 0.717) is 0 Å². The van der Waals surface area contributed by atoms with Crippen LogP contribution in [0.1, 0.15) is 22.7 Å². The zero-order chi connectivity index (χ0) is 13.7. The molecule has 0 saturated carbocycles. The van der Waals surface area contributed by atoms with Gasteiger partial charge in [0.15, 0.2) is 0 Å². The van der Waals surface area contributed by atoms with E-state index in [2.05, 4.69) is 16.5 Å². The fourth-order valence-corrected chi connectivity index (χ4v) is 2.04. The molecular formula is C15H19N3O. The molecule has 2 aromatic rings. The van der Waals surface area contributed by atoms with Gasteiger partial charge in [0.25, 0.3) is 0 Å². The first kappa shape index (κ1) is 13.5. The van der Waals surface area contributed by atoms with Gasteiger partial charge in [-0.05, 0) is 42.2 Å². The Morgan fingerprint density at radius 2 is 2.00 bits per heavy atom. The minimum atomic E-state index is 0.0563. The molecule has 19 heavy (non-hydrogen) atoms. The Labute approximate surface area is 113 Å². The molecule has 1 unspecified atom stereocenters. The van der Waals surface area contributed by atoms with Gasteiger partial charge >= 0.3 is 0 Å². The Balaban J connectivity index is 2.14. The Morgan fingerprint density at radius 1 is 1.26 bits per heavy atom. The summed E-state index contributed by atoms with van der Waals surface area (Å²) < 4.78 is 5.15. The van der Waals surface area contributed by atoms with Crippen LogP contribution in [0.15, 0.2) is 42.7 Å². The Hall–Kier alpha value is -1.91. The molecule has 0 aliphatic heterocycles. The second-order valence-electron chi connectivity index (χ2n) is 4.57. The van der Waals surface area contributed by atoms with Crippen LogP contribution < -0.4 is 16.0 Å². The molecule has 0 spiro atoms. The summed E-state index contributed by atoms with van der Waals surface area (Å²) in [6.45, 7) is 2.03.